The van der Waals surface area contributed by atoms with E-state index in [1.54, 1.807) is 0 Å². The molecular weight excluding hydrogens is 214 g/mol. The molecule has 0 amide bonds. The highest BCUT2D eigenvalue weighted by atomic mass is 32.2. The van der Waals surface area contributed by atoms with E-state index in [0.29, 0.717) is 23.8 Å². The Kier molecular flexibility index (Phi) is 3.64. The number of rotatable bonds is 5. The number of hydrogen-bond donors (Lipinski definition) is 1. The fourth-order valence-corrected chi connectivity index (χ4v) is 3.83. The minimum absolute atomic E-state index is 0.194. The van der Waals surface area contributed by atoms with E-state index in [4.69, 9.17) is 4.74 Å². The van der Waals surface area contributed by atoms with E-state index in [0.717, 1.165) is 32.5 Å². The van der Waals surface area contributed by atoms with Gasteiger partial charge in [0, 0.05) is 19.7 Å². The normalized spacial score (nSPS) is 27.9. The van der Waals surface area contributed by atoms with Crippen LogP contribution >= 0.6 is 0 Å². The van der Waals surface area contributed by atoms with Gasteiger partial charge in [0.15, 0.2) is 9.84 Å². The van der Waals surface area contributed by atoms with Crippen LogP contribution in [-0.4, -0.2) is 45.7 Å². The summed E-state index contributed by atoms with van der Waals surface area (Å²) in [6, 6.07) is 0. The second kappa shape index (κ2) is 4.80. The molecule has 0 bridgehead atoms. The molecule has 4 nitrogen and oxygen atoms in total. The third-order valence-electron chi connectivity index (χ3n) is 3.13. The zero-order valence-corrected chi connectivity index (χ0v) is 9.76. The van der Waals surface area contributed by atoms with Crippen LogP contribution in [0.5, 0.6) is 0 Å². The SMILES string of the molecule is O=S(=O)(CCC1CCCO1)CC1CNC1. The molecule has 2 heterocycles. The van der Waals surface area contributed by atoms with Crippen molar-refractivity contribution in [3.63, 3.8) is 0 Å². The predicted octanol–water partition coefficient (Wildman–Crippen LogP) is 0.190. The van der Waals surface area contributed by atoms with Gasteiger partial charge in [-0.3, -0.25) is 0 Å². The first-order valence-electron chi connectivity index (χ1n) is 5.68. The maximum atomic E-state index is 11.7. The summed E-state index contributed by atoms with van der Waals surface area (Å²) < 4.78 is 28.8. The van der Waals surface area contributed by atoms with Crippen molar-refractivity contribution in [2.75, 3.05) is 31.2 Å². The van der Waals surface area contributed by atoms with Gasteiger partial charge >= 0.3 is 0 Å². The molecule has 2 rings (SSSR count). The van der Waals surface area contributed by atoms with E-state index in [2.05, 4.69) is 5.32 Å². The van der Waals surface area contributed by atoms with Gasteiger partial charge in [-0.2, -0.15) is 0 Å². The van der Waals surface area contributed by atoms with Crippen LogP contribution in [0.2, 0.25) is 0 Å². The molecule has 0 aromatic carbocycles. The van der Waals surface area contributed by atoms with E-state index >= 15 is 0 Å². The van der Waals surface area contributed by atoms with Crippen LogP contribution in [0.25, 0.3) is 0 Å². The highest BCUT2D eigenvalue weighted by molar-refractivity contribution is 7.91. The van der Waals surface area contributed by atoms with Crippen LogP contribution in [0.3, 0.4) is 0 Å². The van der Waals surface area contributed by atoms with Gasteiger partial charge in [-0.05, 0) is 25.2 Å². The van der Waals surface area contributed by atoms with Crippen LogP contribution in [0, 0.1) is 5.92 Å². The van der Waals surface area contributed by atoms with Crippen molar-refractivity contribution in [3.8, 4) is 0 Å². The maximum absolute atomic E-state index is 11.7. The first-order chi connectivity index (χ1) is 7.16. The Bertz CT molecular complexity index is 292. The molecule has 2 saturated heterocycles. The molecular formula is C10H19NO3S. The van der Waals surface area contributed by atoms with Crippen LogP contribution in [0.4, 0.5) is 0 Å². The number of hydrogen-bond acceptors (Lipinski definition) is 4. The zero-order valence-electron chi connectivity index (χ0n) is 8.94. The van der Waals surface area contributed by atoms with Crippen molar-refractivity contribution in [2.24, 2.45) is 5.92 Å². The molecule has 88 valence electrons. The first kappa shape index (κ1) is 11.4. The number of nitrogens with one attached hydrogen (secondary N) is 1. The summed E-state index contributed by atoms with van der Waals surface area (Å²) in [6.07, 6.45) is 2.99. The molecule has 0 aliphatic carbocycles. The Morgan fingerprint density at radius 2 is 2.13 bits per heavy atom. The van der Waals surface area contributed by atoms with Crippen molar-refractivity contribution in [1.29, 1.82) is 0 Å². The third-order valence-corrected chi connectivity index (χ3v) is 4.97. The molecule has 0 aromatic heterocycles. The first-order valence-corrected chi connectivity index (χ1v) is 7.50. The van der Waals surface area contributed by atoms with Gasteiger partial charge in [0.25, 0.3) is 0 Å². The van der Waals surface area contributed by atoms with Crippen LogP contribution in [0.1, 0.15) is 19.3 Å². The summed E-state index contributed by atoms with van der Waals surface area (Å²) in [5, 5.41) is 3.09. The van der Waals surface area contributed by atoms with Crippen LogP contribution in [-0.2, 0) is 14.6 Å². The summed E-state index contributed by atoms with van der Waals surface area (Å²) >= 11 is 0. The molecule has 1 atom stereocenters. The van der Waals surface area contributed by atoms with E-state index in [1.165, 1.54) is 0 Å². The van der Waals surface area contributed by atoms with E-state index < -0.39 is 9.84 Å². The molecule has 5 heteroatoms. The molecule has 0 radical (unpaired) electrons. The van der Waals surface area contributed by atoms with Crippen molar-refractivity contribution in [3.05, 3.63) is 0 Å². The minimum atomic E-state index is -2.85. The van der Waals surface area contributed by atoms with Crippen molar-refractivity contribution in [1.82, 2.24) is 5.32 Å². The van der Waals surface area contributed by atoms with Crippen LogP contribution < -0.4 is 5.32 Å². The van der Waals surface area contributed by atoms with Crippen molar-refractivity contribution < 1.29 is 13.2 Å². The molecule has 1 N–H and O–H groups in total. The van der Waals surface area contributed by atoms with E-state index in [9.17, 15) is 8.42 Å². The lowest BCUT2D eigenvalue weighted by atomic mass is 10.1. The van der Waals surface area contributed by atoms with Crippen molar-refractivity contribution >= 4 is 9.84 Å². The summed E-state index contributed by atoms with van der Waals surface area (Å²) in [7, 11) is -2.85. The molecule has 0 spiro atoms. The monoisotopic (exact) mass is 233 g/mol. The lowest BCUT2D eigenvalue weighted by molar-refractivity contribution is 0.109. The standard InChI is InChI=1S/C10H19NO3S/c12-15(13,8-9-6-11-7-9)5-3-10-2-1-4-14-10/h9-11H,1-8H2. The second-order valence-corrected chi connectivity index (χ2v) is 6.79. The molecule has 2 aliphatic rings. The summed E-state index contributed by atoms with van der Waals surface area (Å²) in [5.41, 5.74) is 0. The summed E-state index contributed by atoms with van der Waals surface area (Å²) in [5.74, 6) is 1.00. The van der Waals surface area contributed by atoms with Gasteiger partial charge in [0.05, 0.1) is 17.6 Å². The molecule has 2 fully saturated rings. The molecule has 1 unspecified atom stereocenters. The smallest absolute Gasteiger partial charge is 0.150 e. The maximum Gasteiger partial charge on any atom is 0.150 e. The molecule has 15 heavy (non-hydrogen) atoms. The minimum Gasteiger partial charge on any atom is -0.378 e. The topological polar surface area (TPSA) is 55.4 Å². The highest BCUT2D eigenvalue weighted by Crippen LogP contribution is 2.17. The summed E-state index contributed by atoms with van der Waals surface area (Å²) in [6.45, 7) is 2.52. The summed E-state index contributed by atoms with van der Waals surface area (Å²) in [4.78, 5) is 0. The van der Waals surface area contributed by atoms with Gasteiger partial charge in [-0.25, -0.2) is 8.42 Å². The average molecular weight is 233 g/mol. The molecule has 0 saturated carbocycles. The quantitative estimate of drug-likeness (QED) is 0.736. The Hall–Kier alpha value is -0.130. The number of sulfone groups is 1. The van der Waals surface area contributed by atoms with Crippen LogP contribution in [0.15, 0.2) is 0 Å². The fraction of sp³-hybridized carbons (Fsp3) is 1.00. The molecule has 2 aliphatic heterocycles. The zero-order chi connectivity index (χ0) is 10.7. The van der Waals surface area contributed by atoms with Crippen molar-refractivity contribution in [2.45, 2.75) is 25.4 Å². The van der Waals surface area contributed by atoms with Gasteiger partial charge in [0.2, 0.25) is 0 Å². The Labute approximate surface area is 91.3 Å². The van der Waals surface area contributed by atoms with E-state index in [1.807, 2.05) is 0 Å². The third kappa shape index (κ3) is 3.43. The number of ether oxygens (including phenoxy) is 1. The average Bonchev–Trinajstić information content (AvgIpc) is 2.61. The fourth-order valence-electron chi connectivity index (χ4n) is 2.09. The molecule has 0 aromatic rings. The second-order valence-electron chi connectivity index (χ2n) is 4.56. The Morgan fingerprint density at radius 3 is 2.67 bits per heavy atom. The lowest BCUT2D eigenvalue weighted by Crippen LogP contribution is -2.45. The van der Waals surface area contributed by atoms with Gasteiger partial charge in [0.1, 0.15) is 0 Å². The lowest BCUT2D eigenvalue weighted by Gasteiger charge is -2.26. The van der Waals surface area contributed by atoms with Gasteiger partial charge in [-0.1, -0.05) is 0 Å². The van der Waals surface area contributed by atoms with Gasteiger partial charge < -0.3 is 10.1 Å². The Balaban J connectivity index is 1.71. The largest absolute Gasteiger partial charge is 0.378 e. The van der Waals surface area contributed by atoms with E-state index in [-0.39, 0.29) is 6.10 Å². The predicted molar refractivity (Wildman–Crippen MR) is 58.6 cm³/mol. The van der Waals surface area contributed by atoms with Gasteiger partial charge in [-0.15, -0.1) is 0 Å². The highest BCUT2D eigenvalue weighted by Gasteiger charge is 2.25. The Morgan fingerprint density at radius 1 is 1.33 bits per heavy atom.